The van der Waals surface area contributed by atoms with Gasteiger partial charge in [0.25, 0.3) is 0 Å². The number of nitrogens with one attached hydrogen (secondary N) is 2. The first-order valence-electron chi connectivity index (χ1n) is 7.50. The first-order valence-corrected chi connectivity index (χ1v) is 8.48. The Bertz CT molecular complexity index is 456. The summed E-state index contributed by atoms with van der Waals surface area (Å²) in [4.78, 5) is 13.8. The molecule has 3 nitrogen and oxygen atoms in total. The van der Waals surface area contributed by atoms with Gasteiger partial charge in [-0.05, 0) is 43.7 Å². The van der Waals surface area contributed by atoms with Gasteiger partial charge in [0.05, 0.1) is 11.2 Å². The second-order valence-corrected chi connectivity index (χ2v) is 6.55. The van der Waals surface area contributed by atoms with Crippen LogP contribution >= 0.6 is 11.8 Å². The second-order valence-electron chi connectivity index (χ2n) is 5.25. The Balaban J connectivity index is 2.14. The van der Waals surface area contributed by atoms with Gasteiger partial charge < -0.3 is 10.6 Å². The second kappa shape index (κ2) is 7.14. The zero-order chi connectivity index (χ0) is 14.4. The van der Waals surface area contributed by atoms with Crippen LogP contribution < -0.4 is 10.6 Å². The Morgan fingerprint density at radius 2 is 2.20 bits per heavy atom. The molecule has 0 aromatic heterocycles. The summed E-state index contributed by atoms with van der Waals surface area (Å²) in [5, 5.41) is 6.56. The highest BCUT2D eigenvalue weighted by Gasteiger charge is 2.40. The molecule has 1 fully saturated rings. The smallest absolute Gasteiger partial charge is 0.244 e. The molecule has 1 amide bonds. The van der Waals surface area contributed by atoms with Gasteiger partial charge >= 0.3 is 0 Å². The van der Waals surface area contributed by atoms with Gasteiger partial charge in [-0.25, -0.2) is 0 Å². The van der Waals surface area contributed by atoms with Crippen molar-refractivity contribution >= 4 is 23.4 Å². The largest absolute Gasteiger partial charge is 0.323 e. The first kappa shape index (κ1) is 15.4. The fourth-order valence-corrected chi connectivity index (χ4v) is 3.61. The fourth-order valence-electron chi connectivity index (χ4n) is 2.85. The topological polar surface area (TPSA) is 41.1 Å². The van der Waals surface area contributed by atoms with Gasteiger partial charge in [0.15, 0.2) is 0 Å². The first-order chi connectivity index (χ1) is 9.72. The molecule has 1 aliphatic rings. The molecule has 0 spiro atoms. The average Bonchev–Trinajstić information content (AvgIpc) is 2.91. The fraction of sp³-hybridized carbons (Fsp3) is 0.562. The van der Waals surface area contributed by atoms with Crippen molar-refractivity contribution in [1.82, 2.24) is 5.32 Å². The van der Waals surface area contributed by atoms with Gasteiger partial charge in [-0.2, -0.15) is 0 Å². The quantitative estimate of drug-likeness (QED) is 0.786. The number of para-hydroxylation sites is 1. The van der Waals surface area contributed by atoms with E-state index in [0.717, 1.165) is 48.6 Å². The maximum absolute atomic E-state index is 12.7. The number of carbonyl (C=O) groups excluding carboxylic acids is 1. The molecule has 1 aromatic carbocycles. The summed E-state index contributed by atoms with van der Waals surface area (Å²) < 4.78 is 0. The van der Waals surface area contributed by atoms with Crippen LogP contribution in [-0.4, -0.2) is 23.7 Å². The van der Waals surface area contributed by atoms with Crippen LogP contribution in [0.1, 0.15) is 39.5 Å². The standard InChI is InChI=1S/C16H24N2OS/c1-3-10-16(11-7-12-17-16)15(19)18-13-8-5-6-9-14(13)20-4-2/h5-6,8-9,17H,3-4,7,10-12H2,1-2H3,(H,18,19). The van der Waals surface area contributed by atoms with Crippen LogP contribution in [0.3, 0.4) is 0 Å². The van der Waals surface area contributed by atoms with Gasteiger partial charge in [0.1, 0.15) is 0 Å². The van der Waals surface area contributed by atoms with E-state index in [1.807, 2.05) is 18.2 Å². The van der Waals surface area contributed by atoms with E-state index < -0.39 is 0 Å². The molecule has 20 heavy (non-hydrogen) atoms. The van der Waals surface area contributed by atoms with Crippen molar-refractivity contribution in [2.45, 2.75) is 50.0 Å². The number of thioether (sulfide) groups is 1. The summed E-state index contributed by atoms with van der Waals surface area (Å²) in [5.41, 5.74) is 0.576. The Hall–Kier alpha value is -1.00. The van der Waals surface area contributed by atoms with E-state index in [-0.39, 0.29) is 11.4 Å². The van der Waals surface area contributed by atoms with E-state index in [9.17, 15) is 4.79 Å². The van der Waals surface area contributed by atoms with E-state index in [1.54, 1.807) is 11.8 Å². The van der Waals surface area contributed by atoms with E-state index in [2.05, 4.69) is 30.5 Å². The molecule has 1 unspecified atom stereocenters. The van der Waals surface area contributed by atoms with Crippen LogP contribution in [0.2, 0.25) is 0 Å². The molecule has 1 heterocycles. The molecule has 1 atom stereocenters. The number of hydrogen-bond acceptors (Lipinski definition) is 3. The third-order valence-corrected chi connectivity index (χ3v) is 4.75. The van der Waals surface area contributed by atoms with Crippen molar-refractivity contribution in [3.8, 4) is 0 Å². The molecular weight excluding hydrogens is 268 g/mol. The third kappa shape index (κ3) is 3.36. The number of carbonyl (C=O) groups is 1. The minimum Gasteiger partial charge on any atom is -0.323 e. The minimum absolute atomic E-state index is 0.126. The zero-order valence-corrected chi connectivity index (χ0v) is 13.2. The maximum atomic E-state index is 12.7. The predicted molar refractivity (Wildman–Crippen MR) is 86.3 cm³/mol. The summed E-state index contributed by atoms with van der Waals surface area (Å²) in [6.45, 7) is 5.20. The summed E-state index contributed by atoms with van der Waals surface area (Å²) in [7, 11) is 0. The number of anilines is 1. The van der Waals surface area contributed by atoms with Crippen LogP contribution in [0.5, 0.6) is 0 Å². The molecule has 1 aromatic rings. The van der Waals surface area contributed by atoms with E-state index in [4.69, 9.17) is 0 Å². The predicted octanol–water partition coefficient (Wildman–Crippen LogP) is 3.66. The normalized spacial score (nSPS) is 21.9. The molecule has 0 saturated carbocycles. The van der Waals surface area contributed by atoms with E-state index in [1.165, 1.54) is 0 Å². The van der Waals surface area contributed by atoms with Gasteiger partial charge in [0.2, 0.25) is 5.91 Å². The van der Waals surface area contributed by atoms with Crippen LogP contribution in [-0.2, 0) is 4.79 Å². The van der Waals surface area contributed by atoms with Gasteiger partial charge in [-0.1, -0.05) is 32.4 Å². The molecule has 4 heteroatoms. The van der Waals surface area contributed by atoms with Crippen molar-refractivity contribution < 1.29 is 4.79 Å². The highest BCUT2D eigenvalue weighted by atomic mass is 32.2. The molecule has 0 radical (unpaired) electrons. The zero-order valence-electron chi connectivity index (χ0n) is 12.4. The van der Waals surface area contributed by atoms with E-state index in [0.29, 0.717) is 0 Å². The van der Waals surface area contributed by atoms with Gasteiger partial charge in [0, 0.05) is 4.90 Å². The van der Waals surface area contributed by atoms with Gasteiger partial charge in [-0.3, -0.25) is 4.79 Å². The lowest BCUT2D eigenvalue weighted by atomic mass is 9.91. The van der Waals surface area contributed by atoms with Gasteiger partial charge in [-0.15, -0.1) is 11.8 Å². The molecule has 0 aliphatic carbocycles. The van der Waals surface area contributed by atoms with Crippen LogP contribution in [0.15, 0.2) is 29.2 Å². The lowest BCUT2D eigenvalue weighted by Crippen LogP contribution is -2.50. The average molecular weight is 292 g/mol. The number of amides is 1. The Labute approximate surface area is 125 Å². The van der Waals surface area contributed by atoms with Crippen molar-refractivity contribution in [1.29, 1.82) is 0 Å². The van der Waals surface area contributed by atoms with Crippen LogP contribution in [0.25, 0.3) is 0 Å². The minimum atomic E-state index is -0.362. The number of rotatable bonds is 6. The van der Waals surface area contributed by atoms with Crippen molar-refractivity contribution in [2.24, 2.45) is 0 Å². The SMILES string of the molecule is CCCC1(C(=O)Nc2ccccc2SCC)CCCN1. The monoisotopic (exact) mass is 292 g/mol. The van der Waals surface area contributed by atoms with Crippen molar-refractivity contribution in [3.05, 3.63) is 24.3 Å². The molecule has 2 rings (SSSR count). The lowest BCUT2D eigenvalue weighted by Gasteiger charge is -2.28. The molecule has 1 saturated heterocycles. The Morgan fingerprint density at radius 3 is 2.85 bits per heavy atom. The van der Waals surface area contributed by atoms with Crippen molar-refractivity contribution in [3.63, 3.8) is 0 Å². The Kier molecular flexibility index (Phi) is 5.49. The molecule has 1 aliphatic heterocycles. The highest BCUT2D eigenvalue weighted by Crippen LogP contribution is 2.30. The lowest BCUT2D eigenvalue weighted by molar-refractivity contribution is -0.122. The Morgan fingerprint density at radius 1 is 1.40 bits per heavy atom. The summed E-state index contributed by atoms with van der Waals surface area (Å²) in [6.07, 6.45) is 3.95. The maximum Gasteiger partial charge on any atom is 0.244 e. The van der Waals surface area contributed by atoms with Crippen molar-refractivity contribution in [2.75, 3.05) is 17.6 Å². The molecule has 0 bridgehead atoms. The molecular formula is C16H24N2OS. The summed E-state index contributed by atoms with van der Waals surface area (Å²) in [5.74, 6) is 1.13. The molecule has 110 valence electrons. The summed E-state index contributed by atoms with van der Waals surface area (Å²) >= 11 is 1.76. The third-order valence-electron chi connectivity index (χ3n) is 3.79. The van der Waals surface area contributed by atoms with E-state index >= 15 is 0 Å². The molecule has 2 N–H and O–H groups in total. The van der Waals surface area contributed by atoms with Crippen LogP contribution in [0, 0.1) is 0 Å². The number of hydrogen-bond donors (Lipinski definition) is 2. The highest BCUT2D eigenvalue weighted by molar-refractivity contribution is 7.99. The summed E-state index contributed by atoms with van der Waals surface area (Å²) in [6, 6.07) is 8.05. The van der Waals surface area contributed by atoms with Crippen LogP contribution in [0.4, 0.5) is 5.69 Å². The number of benzene rings is 1.